The van der Waals surface area contributed by atoms with E-state index in [1.54, 1.807) is 30.0 Å². The van der Waals surface area contributed by atoms with Gasteiger partial charge in [0.25, 0.3) is 5.92 Å². The van der Waals surface area contributed by atoms with Crippen molar-refractivity contribution in [3.05, 3.63) is 78.0 Å². The Hall–Kier alpha value is -3.50. The average molecular weight is 486 g/mol. The number of aliphatic hydroxyl groups excluding tert-OH is 1. The summed E-state index contributed by atoms with van der Waals surface area (Å²) in [6.07, 6.45) is 4.01. The molecule has 1 unspecified atom stereocenters. The monoisotopic (exact) mass is 486 g/mol. The van der Waals surface area contributed by atoms with Crippen molar-refractivity contribution in [1.29, 1.82) is 0 Å². The molecule has 35 heavy (non-hydrogen) atoms. The van der Waals surface area contributed by atoms with E-state index in [2.05, 4.69) is 15.3 Å². The van der Waals surface area contributed by atoms with Crippen molar-refractivity contribution in [2.75, 3.05) is 18.4 Å². The SMILES string of the molecule is CC(C(=O)Nc1ccc(Oc2ccc(F)cc2CO)cn1)N1CCC(F)(F)[C@@H](c2ccncc2)C1. The summed E-state index contributed by atoms with van der Waals surface area (Å²) in [7, 11) is 0. The van der Waals surface area contributed by atoms with Crippen molar-refractivity contribution in [2.24, 2.45) is 0 Å². The lowest BCUT2D eigenvalue weighted by atomic mass is 9.87. The van der Waals surface area contributed by atoms with E-state index >= 15 is 0 Å². The van der Waals surface area contributed by atoms with E-state index in [0.29, 0.717) is 11.3 Å². The zero-order chi connectivity index (χ0) is 25.0. The van der Waals surface area contributed by atoms with Gasteiger partial charge in [0.15, 0.2) is 0 Å². The van der Waals surface area contributed by atoms with Gasteiger partial charge in [0.2, 0.25) is 5.91 Å². The second-order valence-electron chi connectivity index (χ2n) is 8.40. The van der Waals surface area contributed by atoms with E-state index in [4.69, 9.17) is 4.74 Å². The summed E-state index contributed by atoms with van der Waals surface area (Å²) in [4.78, 5) is 22.6. The average Bonchev–Trinajstić information content (AvgIpc) is 2.86. The van der Waals surface area contributed by atoms with E-state index in [1.165, 1.54) is 42.9 Å². The molecule has 0 spiro atoms. The largest absolute Gasteiger partial charge is 0.455 e. The summed E-state index contributed by atoms with van der Waals surface area (Å²) in [5, 5.41) is 12.1. The van der Waals surface area contributed by atoms with Gasteiger partial charge in [-0.15, -0.1) is 0 Å². The molecule has 0 bridgehead atoms. The number of aromatic nitrogens is 2. The van der Waals surface area contributed by atoms with Gasteiger partial charge in [0, 0.05) is 37.5 Å². The third kappa shape index (κ3) is 5.77. The van der Waals surface area contributed by atoms with Gasteiger partial charge in [-0.25, -0.2) is 18.2 Å². The minimum atomic E-state index is -2.87. The van der Waals surface area contributed by atoms with E-state index < -0.39 is 30.3 Å². The molecular formula is C25H25F3N4O3. The molecule has 3 heterocycles. The van der Waals surface area contributed by atoms with Crippen molar-refractivity contribution < 1.29 is 27.8 Å². The van der Waals surface area contributed by atoms with Crippen LogP contribution < -0.4 is 10.1 Å². The number of alkyl halides is 2. The zero-order valence-electron chi connectivity index (χ0n) is 19.0. The number of carbonyl (C=O) groups is 1. The van der Waals surface area contributed by atoms with Crippen molar-refractivity contribution in [3.8, 4) is 11.5 Å². The van der Waals surface area contributed by atoms with Gasteiger partial charge in [-0.1, -0.05) is 0 Å². The summed E-state index contributed by atoms with van der Waals surface area (Å²) in [5.41, 5.74) is 0.776. The molecule has 7 nitrogen and oxygen atoms in total. The summed E-state index contributed by atoms with van der Waals surface area (Å²) >= 11 is 0. The van der Waals surface area contributed by atoms with Crippen LogP contribution in [0, 0.1) is 5.82 Å². The number of carbonyl (C=O) groups excluding carboxylic acids is 1. The van der Waals surface area contributed by atoms with E-state index in [1.807, 2.05) is 0 Å². The number of ether oxygens (including phenoxy) is 1. The Morgan fingerprint density at radius 2 is 2.03 bits per heavy atom. The Morgan fingerprint density at radius 1 is 1.26 bits per heavy atom. The number of aliphatic hydroxyl groups is 1. The number of halogens is 3. The number of hydrogen-bond donors (Lipinski definition) is 2. The zero-order valence-corrected chi connectivity index (χ0v) is 19.0. The molecule has 0 aliphatic carbocycles. The van der Waals surface area contributed by atoms with E-state index in [0.717, 1.165) is 0 Å². The molecule has 1 amide bonds. The predicted molar refractivity (Wildman–Crippen MR) is 123 cm³/mol. The van der Waals surface area contributed by atoms with Crippen molar-refractivity contribution in [3.63, 3.8) is 0 Å². The Balaban J connectivity index is 1.39. The highest BCUT2D eigenvalue weighted by Gasteiger charge is 2.46. The number of amides is 1. The van der Waals surface area contributed by atoms with Gasteiger partial charge in [-0.05, 0) is 55.0 Å². The van der Waals surface area contributed by atoms with Crippen LogP contribution in [0.5, 0.6) is 11.5 Å². The smallest absolute Gasteiger partial charge is 0.257 e. The molecule has 0 radical (unpaired) electrons. The van der Waals surface area contributed by atoms with E-state index in [9.17, 15) is 23.1 Å². The molecule has 10 heteroatoms. The Labute approximate surface area is 200 Å². The molecule has 1 saturated heterocycles. The number of pyridine rings is 2. The maximum atomic E-state index is 14.6. The molecule has 1 aliphatic rings. The van der Waals surface area contributed by atoms with Crippen LogP contribution in [-0.4, -0.2) is 50.9 Å². The van der Waals surface area contributed by atoms with Crippen LogP contribution in [0.4, 0.5) is 19.0 Å². The lowest BCUT2D eigenvalue weighted by Crippen LogP contribution is -2.52. The first-order chi connectivity index (χ1) is 16.8. The van der Waals surface area contributed by atoms with Gasteiger partial charge < -0.3 is 15.2 Å². The highest BCUT2D eigenvalue weighted by atomic mass is 19.3. The van der Waals surface area contributed by atoms with Crippen molar-refractivity contribution in [1.82, 2.24) is 14.9 Å². The summed E-state index contributed by atoms with van der Waals surface area (Å²) in [6, 6.07) is 9.40. The number of hydrogen-bond acceptors (Lipinski definition) is 6. The van der Waals surface area contributed by atoms with Crippen LogP contribution in [0.3, 0.4) is 0 Å². The molecule has 184 valence electrons. The maximum Gasteiger partial charge on any atom is 0.257 e. The lowest BCUT2D eigenvalue weighted by Gasteiger charge is -2.40. The fourth-order valence-electron chi connectivity index (χ4n) is 4.03. The Bertz CT molecular complexity index is 1160. The second kappa shape index (κ2) is 10.4. The van der Waals surface area contributed by atoms with Crippen LogP contribution in [0.2, 0.25) is 0 Å². The fraction of sp³-hybridized carbons (Fsp3) is 0.320. The quantitative estimate of drug-likeness (QED) is 0.516. The molecule has 0 saturated carbocycles. The standard InChI is InChI=1S/C25H25F3N4O3/c1-16(32-11-8-25(27,28)21(14-32)17-6-9-29-10-7-17)24(34)31-23-5-3-20(13-30-23)35-22-4-2-19(26)12-18(22)15-33/h2-7,9-10,12-13,16,21,33H,8,11,14-15H2,1H3,(H,30,31,34)/t16?,21-/m1/s1. The topological polar surface area (TPSA) is 87.6 Å². The lowest BCUT2D eigenvalue weighted by molar-refractivity contribution is -0.125. The van der Waals surface area contributed by atoms with Gasteiger partial charge in [-0.3, -0.25) is 14.7 Å². The normalized spacial score (nSPS) is 18.6. The van der Waals surface area contributed by atoms with Crippen molar-refractivity contribution in [2.45, 2.75) is 37.8 Å². The Morgan fingerprint density at radius 3 is 2.71 bits per heavy atom. The molecule has 2 aromatic heterocycles. The van der Waals surface area contributed by atoms with Crippen LogP contribution in [0.1, 0.15) is 30.4 Å². The minimum absolute atomic E-state index is 0.0384. The number of anilines is 1. The third-order valence-electron chi connectivity index (χ3n) is 6.10. The number of rotatable bonds is 7. The highest BCUT2D eigenvalue weighted by Crippen LogP contribution is 2.40. The first-order valence-electron chi connectivity index (χ1n) is 11.1. The molecule has 2 N–H and O–H groups in total. The summed E-state index contributed by atoms with van der Waals surface area (Å²) < 4.78 is 48.2. The number of nitrogens with zero attached hydrogens (tertiary/aromatic N) is 3. The number of benzene rings is 1. The number of piperidine rings is 1. The van der Waals surface area contributed by atoms with Crippen LogP contribution in [0.15, 0.2) is 61.1 Å². The van der Waals surface area contributed by atoms with Gasteiger partial charge in [-0.2, -0.15) is 0 Å². The van der Waals surface area contributed by atoms with Gasteiger partial charge >= 0.3 is 0 Å². The first kappa shape index (κ1) is 24.6. The van der Waals surface area contributed by atoms with Crippen molar-refractivity contribution >= 4 is 11.7 Å². The molecule has 2 atom stereocenters. The summed E-state index contributed by atoms with van der Waals surface area (Å²) in [6.45, 7) is 1.41. The first-order valence-corrected chi connectivity index (χ1v) is 11.1. The van der Waals surface area contributed by atoms with E-state index in [-0.39, 0.29) is 42.5 Å². The van der Waals surface area contributed by atoms with Crippen LogP contribution >= 0.6 is 0 Å². The predicted octanol–water partition coefficient (Wildman–Crippen LogP) is 4.35. The molecular weight excluding hydrogens is 461 g/mol. The molecule has 1 aliphatic heterocycles. The van der Waals surface area contributed by atoms with Crippen LogP contribution in [-0.2, 0) is 11.4 Å². The highest BCUT2D eigenvalue weighted by molar-refractivity contribution is 5.93. The van der Waals surface area contributed by atoms with Gasteiger partial charge in [0.1, 0.15) is 23.1 Å². The second-order valence-corrected chi connectivity index (χ2v) is 8.40. The van der Waals surface area contributed by atoms with Gasteiger partial charge in [0.05, 0.1) is 24.8 Å². The molecule has 1 aromatic carbocycles. The Kier molecular flexibility index (Phi) is 7.32. The third-order valence-corrected chi connectivity index (χ3v) is 6.10. The summed E-state index contributed by atoms with van der Waals surface area (Å²) in [5.74, 6) is -3.88. The maximum absolute atomic E-state index is 14.6. The number of likely N-dealkylation sites (tertiary alicyclic amines) is 1. The molecule has 3 aromatic rings. The fourth-order valence-corrected chi connectivity index (χ4v) is 4.03. The number of nitrogens with one attached hydrogen (secondary N) is 1. The van der Waals surface area contributed by atoms with Crippen LogP contribution in [0.25, 0.3) is 0 Å². The molecule has 4 rings (SSSR count). The molecule has 1 fully saturated rings. The minimum Gasteiger partial charge on any atom is -0.455 e.